The second-order valence-corrected chi connectivity index (χ2v) is 8.42. The van der Waals surface area contributed by atoms with Gasteiger partial charge in [-0.2, -0.15) is 5.10 Å². The number of nitrogens with zero attached hydrogens (tertiary/aromatic N) is 4. The third-order valence-electron chi connectivity index (χ3n) is 6.72. The zero-order valence-corrected chi connectivity index (χ0v) is 17.0. The molecule has 0 N–H and O–H groups in total. The summed E-state index contributed by atoms with van der Waals surface area (Å²) in [6, 6.07) is 19.3. The smallest absolute Gasteiger partial charge is 0.272 e. The highest BCUT2D eigenvalue weighted by Crippen LogP contribution is 2.56. The summed E-state index contributed by atoms with van der Waals surface area (Å²) in [5.41, 5.74) is 2.89. The van der Waals surface area contributed by atoms with Crippen LogP contribution in [-0.4, -0.2) is 40.2 Å². The monoisotopic (exact) mass is 404 g/mol. The van der Waals surface area contributed by atoms with Crippen LogP contribution in [0.3, 0.4) is 0 Å². The molecule has 2 saturated heterocycles. The largest absolute Gasteiger partial charge is 0.363 e. The molecule has 1 unspecified atom stereocenters. The third-order valence-corrected chi connectivity index (χ3v) is 6.72. The molecule has 1 amide bonds. The number of anilines is 1. The highest BCUT2D eigenvalue weighted by molar-refractivity contribution is 5.92. The van der Waals surface area contributed by atoms with E-state index < -0.39 is 0 Å². The zero-order chi connectivity index (χ0) is 20.7. The molecule has 6 heteroatoms. The van der Waals surface area contributed by atoms with Crippen molar-refractivity contribution in [2.75, 3.05) is 24.5 Å². The molecule has 30 heavy (non-hydrogen) atoms. The first-order chi connectivity index (χ1) is 14.6. The third kappa shape index (κ3) is 3.07. The van der Waals surface area contributed by atoms with E-state index in [1.807, 2.05) is 17.0 Å². The van der Waals surface area contributed by atoms with Crippen LogP contribution in [-0.2, 0) is 7.05 Å². The van der Waals surface area contributed by atoms with Crippen molar-refractivity contribution >= 4 is 11.6 Å². The van der Waals surface area contributed by atoms with E-state index in [4.69, 9.17) is 0 Å². The van der Waals surface area contributed by atoms with Gasteiger partial charge in [-0.25, -0.2) is 4.39 Å². The summed E-state index contributed by atoms with van der Waals surface area (Å²) in [5, 5.41) is 4.12. The number of carbonyl (C=O) groups is 1. The molecule has 0 radical (unpaired) electrons. The fourth-order valence-corrected chi connectivity index (χ4v) is 5.13. The van der Waals surface area contributed by atoms with Gasteiger partial charge in [0.2, 0.25) is 0 Å². The minimum atomic E-state index is -0.211. The number of likely N-dealkylation sites (tertiary alicyclic amines) is 1. The van der Waals surface area contributed by atoms with Crippen LogP contribution in [0, 0.1) is 11.2 Å². The van der Waals surface area contributed by atoms with E-state index in [9.17, 15) is 9.18 Å². The van der Waals surface area contributed by atoms with Crippen LogP contribution >= 0.6 is 0 Å². The molecule has 5 nitrogen and oxygen atoms in total. The van der Waals surface area contributed by atoms with E-state index in [0.29, 0.717) is 5.69 Å². The first-order valence-electron chi connectivity index (χ1n) is 10.4. The summed E-state index contributed by atoms with van der Waals surface area (Å²) < 4.78 is 15.5. The van der Waals surface area contributed by atoms with Gasteiger partial charge in [-0.3, -0.25) is 9.48 Å². The van der Waals surface area contributed by atoms with Gasteiger partial charge in [0, 0.05) is 44.0 Å². The van der Waals surface area contributed by atoms with Gasteiger partial charge in [0.25, 0.3) is 5.91 Å². The molecule has 2 aromatic carbocycles. The number of halogens is 1. The zero-order valence-electron chi connectivity index (χ0n) is 17.0. The molecule has 1 spiro atoms. The summed E-state index contributed by atoms with van der Waals surface area (Å²) in [6.45, 7) is 2.33. The second kappa shape index (κ2) is 7.27. The Bertz CT molecular complexity index is 1060. The molecular formula is C24H25FN4O. The Labute approximate surface area is 175 Å². The maximum atomic E-state index is 13.9. The SMILES string of the molecule is Cn1nccc1C(=O)N1CCC2(CC1)CN(c1cccc(F)c1)C2c1ccccc1. The van der Waals surface area contributed by atoms with Crippen molar-refractivity contribution in [1.29, 1.82) is 0 Å². The molecular weight excluding hydrogens is 379 g/mol. The highest BCUT2D eigenvalue weighted by atomic mass is 19.1. The van der Waals surface area contributed by atoms with Crippen LogP contribution < -0.4 is 4.90 Å². The predicted octanol–water partition coefficient (Wildman–Crippen LogP) is 4.04. The molecule has 2 aliphatic rings. The van der Waals surface area contributed by atoms with E-state index in [2.05, 4.69) is 34.3 Å². The molecule has 0 aliphatic carbocycles. The Hall–Kier alpha value is -3.15. The van der Waals surface area contributed by atoms with Gasteiger partial charge in [0.05, 0.1) is 6.04 Å². The van der Waals surface area contributed by atoms with Crippen LogP contribution in [0.2, 0.25) is 0 Å². The van der Waals surface area contributed by atoms with Crippen molar-refractivity contribution in [3.05, 3.63) is 83.9 Å². The summed E-state index contributed by atoms with van der Waals surface area (Å²) in [7, 11) is 1.80. The number of rotatable bonds is 3. The average Bonchev–Trinajstić information content (AvgIpc) is 3.18. The van der Waals surface area contributed by atoms with Crippen molar-refractivity contribution in [1.82, 2.24) is 14.7 Å². The number of amides is 1. The van der Waals surface area contributed by atoms with E-state index in [1.165, 1.54) is 11.6 Å². The number of hydrogen-bond donors (Lipinski definition) is 0. The fraction of sp³-hybridized carbons (Fsp3) is 0.333. The van der Waals surface area contributed by atoms with Crippen molar-refractivity contribution < 1.29 is 9.18 Å². The Morgan fingerprint density at radius 2 is 1.83 bits per heavy atom. The lowest BCUT2D eigenvalue weighted by atomic mass is 9.63. The number of aryl methyl sites for hydroxylation is 1. The van der Waals surface area contributed by atoms with Gasteiger partial charge in [0.15, 0.2) is 0 Å². The molecule has 3 aromatic rings. The number of carbonyl (C=O) groups excluding carboxylic acids is 1. The summed E-state index contributed by atoms with van der Waals surface area (Å²) in [6.07, 6.45) is 3.52. The second-order valence-electron chi connectivity index (χ2n) is 8.42. The molecule has 1 aromatic heterocycles. The number of aromatic nitrogens is 2. The van der Waals surface area contributed by atoms with Crippen LogP contribution in [0.5, 0.6) is 0 Å². The Kier molecular flexibility index (Phi) is 4.57. The topological polar surface area (TPSA) is 41.4 Å². The molecule has 2 aliphatic heterocycles. The molecule has 5 rings (SSSR count). The minimum absolute atomic E-state index is 0.0439. The maximum Gasteiger partial charge on any atom is 0.272 e. The Morgan fingerprint density at radius 3 is 2.50 bits per heavy atom. The number of hydrogen-bond acceptors (Lipinski definition) is 3. The maximum absolute atomic E-state index is 13.9. The molecule has 0 bridgehead atoms. The van der Waals surface area contributed by atoms with E-state index in [1.54, 1.807) is 36.1 Å². The van der Waals surface area contributed by atoms with Crippen molar-refractivity contribution in [3.8, 4) is 0 Å². The van der Waals surface area contributed by atoms with Crippen molar-refractivity contribution in [3.63, 3.8) is 0 Å². The number of piperidine rings is 1. The molecule has 2 fully saturated rings. The predicted molar refractivity (Wildman–Crippen MR) is 114 cm³/mol. The first kappa shape index (κ1) is 18.9. The van der Waals surface area contributed by atoms with Gasteiger partial charge in [-0.15, -0.1) is 0 Å². The standard InChI is InChI=1S/C24H25FN4O/c1-27-21(10-13-26-27)23(30)28-14-11-24(12-15-28)17-29(20-9-5-8-19(25)16-20)22(24)18-6-3-2-4-7-18/h2-10,13,16,22H,11-12,14-15,17H2,1H3. The Balaban J connectivity index is 1.39. The molecule has 154 valence electrons. The lowest BCUT2D eigenvalue weighted by Crippen LogP contribution is -2.62. The minimum Gasteiger partial charge on any atom is -0.363 e. The van der Waals surface area contributed by atoms with E-state index >= 15 is 0 Å². The van der Waals surface area contributed by atoms with Crippen molar-refractivity contribution in [2.24, 2.45) is 12.5 Å². The Morgan fingerprint density at radius 1 is 1.07 bits per heavy atom. The van der Waals surface area contributed by atoms with Crippen molar-refractivity contribution in [2.45, 2.75) is 18.9 Å². The van der Waals surface area contributed by atoms with E-state index in [0.717, 1.165) is 38.2 Å². The van der Waals surface area contributed by atoms with Crippen LogP contribution in [0.25, 0.3) is 0 Å². The molecule has 0 saturated carbocycles. The molecule has 1 atom stereocenters. The lowest BCUT2D eigenvalue weighted by Gasteiger charge is -2.61. The summed E-state index contributed by atoms with van der Waals surface area (Å²) in [5.74, 6) is -0.167. The van der Waals surface area contributed by atoms with E-state index in [-0.39, 0.29) is 23.2 Å². The summed E-state index contributed by atoms with van der Waals surface area (Å²) >= 11 is 0. The van der Waals surface area contributed by atoms with Crippen LogP contribution in [0.4, 0.5) is 10.1 Å². The quantitative estimate of drug-likeness (QED) is 0.662. The summed E-state index contributed by atoms with van der Waals surface area (Å²) in [4.78, 5) is 17.1. The van der Waals surface area contributed by atoms with Crippen LogP contribution in [0.1, 0.15) is 34.9 Å². The van der Waals surface area contributed by atoms with Gasteiger partial charge >= 0.3 is 0 Å². The molecule has 3 heterocycles. The van der Waals surface area contributed by atoms with Crippen LogP contribution in [0.15, 0.2) is 66.9 Å². The fourth-order valence-electron chi connectivity index (χ4n) is 5.13. The average molecular weight is 404 g/mol. The highest BCUT2D eigenvalue weighted by Gasteiger charge is 2.54. The van der Waals surface area contributed by atoms with Gasteiger partial charge in [-0.1, -0.05) is 36.4 Å². The van der Waals surface area contributed by atoms with Gasteiger partial charge < -0.3 is 9.80 Å². The first-order valence-corrected chi connectivity index (χ1v) is 10.4. The normalized spacial score (nSPS) is 20.3. The van der Waals surface area contributed by atoms with Gasteiger partial charge in [0.1, 0.15) is 11.5 Å². The lowest BCUT2D eigenvalue weighted by molar-refractivity contribution is 0.0265. The number of benzene rings is 2. The van der Waals surface area contributed by atoms with Gasteiger partial charge in [-0.05, 0) is 42.7 Å².